The SMILES string of the molecule is COc1ccc(O)c(/C=N\Nc2nc(SCc3ccccc3Cl)n[nH]2)c1. The Labute approximate surface area is 159 Å². The number of nitrogens with zero attached hydrogens (tertiary/aromatic N) is 3. The number of aromatic amines is 1. The lowest BCUT2D eigenvalue weighted by Gasteiger charge is -2.02. The van der Waals surface area contributed by atoms with Crippen molar-refractivity contribution in [1.82, 2.24) is 15.2 Å². The third-order valence-corrected chi connectivity index (χ3v) is 4.65. The van der Waals surface area contributed by atoms with E-state index in [0.29, 0.717) is 28.2 Å². The molecule has 1 heterocycles. The van der Waals surface area contributed by atoms with E-state index in [1.165, 1.54) is 24.0 Å². The molecule has 3 aromatic rings. The Morgan fingerprint density at radius 1 is 1.35 bits per heavy atom. The van der Waals surface area contributed by atoms with Crippen LogP contribution in [0.2, 0.25) is 5.02 Å². The largest absolute Gasteiger partial charge is 0.507 e. The van der Waals surface area contributed by atoms with Crippen LogP contribution < -0.4 is 10.2 Å². The number of nitrogens with one attached hydrogen (secondary N) is 2. The Hall–Kier alpha value is -2.71. The summed E-state index contributed by atoms with van der Waals surface area (Å²) < 4.78 is 5.12. The Bertz CT molecular complexity index is 916. The maximum absolute atomic E-state index is 9.81. The van der Waals surface area contributed by atoms with Crippen molar-refractivity contribution in [3.8, 4) is 11.5 Å². The first-order valence-electron chi connectivity index (χ1n) is 7.60. The van der Waals surface area contributed by atoms with Gasteiger partial charge in [-0.3, -0.25) is 0 Å². The van der Waals surface area contributed by atoms with Crippen LogP contribution in [0.15, 0.2) is 52.7 Å². The van der Waals surface area contributed by atoms with Gasteiger partial charge in [-0.2, -0.15) is 10.1 Å². The van der Waals surface area contributed by atoms with Gasteiger partial charge in [0.2, 0.25) is 11.1 Å². The van der Waals surface area contributed by atoms with E-state index in [4.69, 9.17) is 16.3 Å². The third-order valence-electron chi connectivity index (χ3n) is 3.39. The van der Waals surface area contributed by atoms with Crippen LogP contribution in [-0.4, -0.2) is 33.6 Å². The Balaban J connectivity index is 1.58. The standard InChI is InChI=1S/C17H16ClN5O2S/c1-25-13-6-7-15(24)12(8-13)9-19-21-16-20-17(23-22-16)26-10-11-4-2-3-5-14(11)18/h2-9,24H,10H2,1H3,(H2,20,21,22,23)/b19-9-. The van der Waals surface area contributed by atoms with E-state index in [-0.39, 0.29) is 5.75 Å². The second kappa shape index (κ2) is 8.59. The van der Waals surface area contributed by atoms with Crippen molar-refractivity contribution < 1.29 is 9.84 Å². The van der Waals surface area contributed by atoms with Gasteiger partial charge in [-0.25, -0.2) is 10.5 Å². The highest BCUT2D eigenvalue weighted by atomic mass is 35.5. The highest BCUT2D eigenvalue weighted by molar-refractivity contribution is 7.98. The second-order valence-corrected chi connectivity index (χ2v) is 6.49. The fourth-order valence-electron chi connectivity index (χ4n) is 2.04. The fourth-order valence-corrected chi connectivity index (χ4v) is 3.13. The van der Waals surface area contributed by atoms with E-state index in [2.05, 4.69) is 25.7 Å². The minimum absolute atomic E-state index is 0.102. The van der Waals surface area contributed by atoms with Gasteiger partial charge in [-0.1, -0.05) is 41.6 Å². The maximum Gasteiger partial charge on any atom is 0.240 e. The van der Waals surface area contributed by atoms with Gasteiger partial charge < -0.3 is 9.84 Å². The van der Waals surface area contributed by atoms with E-state index in [1.807, 2.05) is 24.3 Å². The van der Waals surface area contributed by atoms with Crippen LogP contribution in [0.1, 0.15) is 11.1 Å². The van der Waals surface area contributed by atoms with Crippen LogP contribution in [0, 0.1) is 0 Å². The lowest BCUT2D eigenvalue weighted by Crippen LogP contribution is -1.93. The smallest absolute Gasteiger partial charge is 0.240 e. The number of hydrazone groups is 1. The van der Waals surface area contributed by atoms with E-state index in [0.717, 1.165) is 10.6 Å². The van der Waals surface area contributed by atoms with Crippen LogP contribution in [0.4, 0.5) is 5.95 Å². The number of phenols is 1. The van der Waals surface area contributed by atoms with Crippen LogP contribution in [0.3, 0.4) is 0 Å². The molecule has 7 nitrogen and oxygen atoms in total. The number of hydrogen-bond acceptors (Lipinski definition) is 7. The van der Waals surface area contributed by atoms with E-state index < -0.39 is 0 Å². The lowest BCUT2D eigenvalue weighted by atomic mass is 10.2. The minimum Gasteiger partial charge on any atom is -0.507 e. The summed E-state index contributed by atoms with van der Waals surface area (Å²) in [5.41, 5.74) is 4.27. The van der Waals surface area contributed by atoms with Gasteiger partial charge in [-0.05, 0) is 29.8 Å². The molecule has 9 heteroatoms. The zero-order valence-electron chi connectivity index (χ0n) is 13.8. The Morgan fingerprint density at radius 2 is 2.19 bits per heavy atom. The number of thioether (sulfide) groups is 1. The summed E-state index contributed by atoms with van der Waals surface area (Å²) in [5, 5.41) is 22.0. The molecular weight excluding hydrogens is 374 g/mol. The number of aromatic nitrogens is 3. The summed E-state index contributed by atoms with van der Waals surface area (Å²) in [7, 11) is 1.56. The molecule has 0 aliphatic heterocycles. The van der Waals surface area contributed by atoms with Crippen molar-refractivity contribution in [2.45, 2.75) is 10.9 Å². The van der Waals surface area contributed by atoms with Crippen molar-refractivity contribution in [2.75, 3.05) is 12.5 Å². The van der Waals surface area contributed by atoms with Gasteiger partial charge in [-0.15, -0.1) is 5.10 Å². The normalized spacial score (nSPS) is 11.0. The molecule has 0 spiro atoms. The molecule has 0 atom stereocenters. The molecule has 134 valence electrons. The molecule has 1 aromatic heterocycles. The first-order chi connectivity index (χ1) is 12.7. The van der Waals surface area contributed by atoms with Crippen molar-refractivity contribution in [1.29, 1.82) is 0 Å². The molecule has 3 rings (SSSR count). The van der Waals surface area contributed by atoms with Crippen LogP contribution in [0.25, 0.3) is 0 Å². The number of halogens is 1. The van der Waals surface area contributed by atoms with Crippen molar-refractivity contribution >= 4 is 35.5 Å². The molecule has 0 saturated heterocycles. The first kappa shape index (κ1) is 18.1. The van der Waals surface area contributed by atoms with E-state index >= 15 is 0 Å². The van der Waals surface area contributed by atoms with Crippen molar-refractivity contribution in [2.24, 2.45) is 5.10 Å². The molecule has 26 heavy (non-hydrogen) atoms. The highest BCUT2D eigenvalue weighted by Gasteiger charge is 2.06. The topological polar surface area (TPSA) is 95.4 Å². The quantitative estimate of drug-likeness (QED) is 0.322. The molecule has 0 saturated carbocycles. The average molecular weight is 390 g/mol. The first-order valence-corrected chi connectivity index (χ1v) is 8.97. The number of H-pyrrole nitrogens is 1. The number of anilines is 1. The summed E-state index contributed by atoms with van der Waals surface area (Å²) in [5.74, 6) is 1.79. The molecular formula is C17H16ClN5O2S. The number of rotatable bonds is 7. The fraction of sp³-hybridized carbons (Fsp3) is 0.118. The molecule has 0 radical (unpaired) electrons. The molecule has 0 bridgehead atoms. The second-order valence-electron chi connectivity index (χ2n) is 5.14. The van der Waals surface area contributed by atoms with Gasteiger partial charge in [0.1, 0.15) is 11.5 Å². The zero-order valence-corrected chi connectivity index (χ0v) is 15.4. The number of hydrogen-bond donors (Lipinski definition) is 3. The van der Waals surface area contributed by atoms with Crippen LogP contribution in [-0.2, 0) is 5.75 Å². The maximum atomic E-state index is 9.81. The molecule has 0 amide bonds. The number of aromatic hydroxyl groups is 1. The number of methoxy groups -OCH3 is 1. The molecule has 0 aliphatic carbocycles. The summed E-state index contributed by atoms with van der Waals surface area (Å²) in [6, 6.07) is 12.5. The Kier molecular flexibility index (Phi) is 5.98. The monoisotopic (exact) mass is 389 g/mol. The molecule has 0 aliphatic rings. The summed E-state index contributed by atoms with van der Waals surface area (Å²) in [6.45, 7) is 0. The van der Waals surface area contributed by atoms with Gasteiger partial charge >= 0.3 is 0 Å². The van der Waals surface area contributed by atoms with E-state index in [9.17, 15) is 5.11 Å². The van der Waals surface area contributed by atoms with Crippen LogP contribution >= 0.6 is 23.4 Å². The number of benzene rings is 2. The van der Waals surface area contributed by atoms with Gasteiger partial charge in [0.25, 0.3) is 0 Å². The molecule has 0 fully saturated rings. The summed E-state index contributed by atoms with van der Waals surface area (Å²) in [4.78, 5) is 4.28. The predicted molar refractivity (Wildman–Crippen MR) is 103 cm³/mol. The highest BCUT2D eigenvalue weighted by Crippen LogP contribution is 2.25. The summed E-state index contributed by atoms with van der Waals surface area (Å²) in [6.07, 6.45) is 1.47. The zero-order chi connectivity index (χ0) is 18.4. The van der Waals surface area contributed by atoms with Crippen LogP contribution in [0.5, 0.6) is 11.5 Å². The van der Waals surface area contributed by atoms with Gasteiger partial charge in [0, 0.05) is 16.3 Å². The average Bonchev–Trinajstić information content (AvgIpc) is 3.10. The van der Waals surface area contributed by atoms with Gasteiger partial charge in [0.05, 0.1) is 13.3 Å². The molecule has 3 N–H and O–H groups in total. The number of ether oxygens (including phenoxy) is 1. The van der Waals surface area contributed by atoms with E-state index in [1.54, 1.807) is 19.2 Å². The molecule has 2 aromatic carbocycles. The summed E-state index contributed by atoms with van der Waals surface area (Å²) >= 11 is 7.59. The number of phenolic OH excluding ortho intramolecular Hbond substituents is 1. The third kappa shape index (κ3) is 4.68. The Morgan fingerprint density at radius 3 is 3.00 bits per heavy atom. The van der Waals surface area contributed by atoms with Crippen molar-refractivity contribution in [3.05, 3.63) is 58.6 Å². The van der Waals surface area contributed by atoms with Crippen molar-refractivity contribution in [3.63, 3.8) is 0 Å². The lowest BCUT2D eigenvalue weighted by molar-refractivity contribution is 0.412. The minimum atomic E-state index is 0.102. The van der Waals surface area contributed by atoms with Gasteiger partial charge in [0.15, 0.2) is 0 Å². The predicted octanol–water partition coefficient (Wildman–Crippen LogP) is 3.91. The molecule has 0 unspecified atom stereocenters.